The van der Waals surface area contributed by atoms with E-state index in [0.29, 0.717) is 6.61 Å². The van der Waals surface area contributed by atoms with E-state index < -0.39 is 0 Å². The van der Waals surface area contributed by atoms with E-state index in [4.69, 9.17) is 5.11 Å². The topological polar surface area (TPSA) is 20.2 Å². The van der Waals surface area contributed by atoms with Crippen LogP contribution in [0.5, 0.6) is 0 Å². The van der Waals surface area contributed by atoms with Gasteiger partial charge < -0.3 is 5.11 Å². The van der Waals surface area contributed by atoms with Crippen LogP contribution in [-0.4, -0.2) is 34.8 Å². The van der Waals surface area contributed by atoms with Crippen LogP contribution in [0.1, 0.15) is 58.3 Å². The smallest absolute Gasteiger partial charge is 0.0431 e. The van der Waals surface area contributed by atoms with E-state index in [9.17, 15) is 0 Å². The van der Waals surface area contributed by atoms with Gasteiger partial charge in [0.05, 0.1) is 0 Å². The number of hydrogen-bond donors (Lipinski definition) is 1. The number of rotatable bonds is 8. The van der Waals surface area contributed by atoms with Gasteiger partial charge in [-0.3, -0.25) is 0 Å². The number of hydrogen-bond acceptors (Lipinski definition) is 1. The zero-order valence-electron chi connectivity index (χ0n) is 8.52. The number of unbranched alkanes of at least 4 members (excludes halogenated alkanes) is 7. The largest absolute Gasteiger partial charge is 0.396 e. The minimum Gasteiger partial charge on any atom is -0.396 e. The van der Waals surface area contributed by atoms with Gasteiger partial charge >= 0.3 is 0 Å². The van der Waals surface area contributed by atoms with E-state index in [1.54, 1.807) is 0 Å². The highest BCUT2D eigenvalue weighted by Gasteiger charge is 1.89. The second-order valence-corrected chi connectivity index (χ2v) is 3.20. The van der Waals surface area contributed by atoms with E-state index >= 15 is 0 Å². The van der Waals surface area contributed by atoms with Crippen molar-refractivity contribution in [2.75, 3.05) is 6.61 Å². The van der Waals surface area contributed by atoms with Crippen LogP contribution in [0.25, 0.3) is 0 Å². The van der Waals surface area contributed by atoms with Crippen molar-refractivity contribution < 1.29 is 5.11 Å². The molecule has 0 amide bonds. The third-order valence-corrected chi connectivity index (χ3v) is 2.01. The zero-order valence-corrected chi connectivity index (χ0v) is 9.93. The van der Waals surface area contributed by atoms with Crippen molar-refractivity contribution in [3.63, 3.8) is 0 Å². The normalized spacial score (nSPS) is 9.50. The van der Waals surface area contributed by atoms with Crippen LogP contribution in [0.3, 0.4) is 0 Å². The van der Waals surface area contributed by atoms with E-state index in [-0.39, 0.29) is 23.1 Å². The highest BCUT2D eigenvalue weighted by molar-refractivity contribution is 5.75. The van der Waals surface area contributed by atoms with Gasteiger partial charge in [-0.2, -0.15) is 0 Å². The maximum atomic E-state index is 8.51. The first-order valence-electron chi connectivity index (χ1n) is 5.02. The lowest BCUT2D eigenvalue weighted by molar-refractivity contribution is 0.282. The molecular formula is C10H22MgO. The summed E-state index contributed by atoms with van der Waals surface area (Å²) in [7, 11) is 0. The first-order chi connectivity index (χ1) is 5.41. The van der Waals surface area contributed by atoms with Crippen molar-refractivity contribution in [2.45, 2.75) is 58.3 Å². The SMILES string of the molecule is CCCCCCCCCCO.[Mg]. The average molecular weight is 183 g/mol. The minimum atomic E-state index is 0. The summed E-state index contributed by atoms with van der Waals surface area (Å²) in [6.45, 7) is 2.61. The van der Waals surface area contributed by atoms with Crippen molar-refractivity contribution in [2.24, 2.45) is 0 Å². The molecule has 0 atom stereocenters. The summed E-state index contributed by atoms with van der Waals surface area (Å²) in [5.41, 5.74) is 0. The Bertz CT molecular complexity index is 58.9. The summed E-state index contributed by atoms with van der Waals surface area (Å²) in [4.78, 5) is 0. The lowest BCUT2D eigenvalue weighted by Gasteiger charge is -1.98. The lowest BCUT2D eigenvalue weighted by Crippen LogP contribution is -1.83. The molecule has 0 saturated carbocycles. The Balaban J connectivity index is 0. The van der Waals surface area contributed by atoms with Gasteiger partial charge in [0.25, 0.3) is 0 Å². The molecule has 0 bridgehead atoms. The van der Waals surface area contributed by atoms with Gasteiger partial charge in [-0.15, -0.1) is 0 Å². The van der Waals surface area contributed by atoms with Crippen molar-refractivity contribution in [3.05, 3.63) is 0 Å². The molecule has 2 radical (unpaired) electrons. The van der Waals surface area contributed by atoms with Gasteiger partial charge in [-0.25, -0.2) is 0 Å². The molecule has 2 heteroatoms. The van der Waals surface area contributed by atoms with Crippen molar-refractivity contribution in [1.82, 2.24) is 0 Å². The molecule has 0 spiro atoms. The standard InChI is InChI=1S/C10H22O.Mg/c1-2-3-4-5-6-7-8-9-10-11;/h11H,2-10H2,1H3;. The molecule has 12 heavy (non-hydrogen) atoms. The Kier molecular flexibility index (Phi) is 18.1. The molecule has 0 aliphatic heterocycles. The van der Waals surface area contributed by atoms with Gasteiger partial charge in [0, 0.05) is 29.7 Å². The Morgan fingerprint density at radius 1 is 0.750 bits per heavy atom. The Labute approximate surface area is 93.1 Å². The monoisotopic (exact) mass is 182 g/mol. The Hall–Kier alpha value is 0.726. The molecule has 70 valence electrons. The van der Waals surface area contributed by atoms with Gasteiger partial charge in [0.15, 0.2) is 0 Å². The zero-order chi connectivity index (χ0) is 8.36. The number of aliphatic hydroxyl groups is 1. The fourth-order valence-electron chi connectivity index (χ4n) is 1.25. The quantitative estimate of drug-likeness (QED) is 0.452. The Morgan fingerprint density at radius 3 is 1.58 bits per heavy atom. The van der Waals surface area contributed by atoms with E-state index in [1.807, 2.05) is 0 Å². The first kappa shape index (κ1) is 15.2. The molecule has 0 aromatic carbocycles. The molecule has 0 aromatic rings. The van der Waals surface area contributed by atoms with Crippen LogP contribution >= 0.6 is 0 Å². The molecule has 0 aromatic heterocycles. The third-order valence-electron chi connectivity index (χ3n) is 2.01. The summed E-state index contributed by atoms with van der Waals surface area (Å²) in [6, 6.07) is 0. The van der Waals surface area contributed by atoms with Crippen molar-refractivity contribution in [1.29, 1.82) is 0 Å². The molecule has 0 aliphatic rings. The summed E-state index contributed by atoms with van der Waals surface area (Å²) in [6.07, 6.45) is 10.4. The van der Waals surface area contributed by atoms with Crippen LogP contribution in [0.4, 0.5) is 0 Å². The summed E-state index contributed by atoms with van der Waals surface area (Å²) >= 11 is 0. The predicted molar refractivity (Wildman–Crippen MR) is 55.4 cm³/mol. The van der Waals surface area contributed by atoms with E-state index in [1.165, 1.54) is 44.9 Å². The van der Waals surface area contributed by atoms with Crippen LogP contribution in [0.15, 0.2) is 0 Å². The Morgan fingerprint density at radius 2 is 1.17 bits per heavy atom. The van der Waals surface area contributed by atoms with Gasteiger partial charge in [-0.05, 0) is 6.42 Å². The molecule has 1 nitrogen and oxygen atoms in total. The van der Waals surface area contributed by atoms with E-state index in [2.05, 4.69) is 6.92 Å². The van der Waals surface area contributed by atoms with Crippen LogP contribution in [0.2, 0.25) is 0 Å². The molecule has 0 rings (SSSR count). The maximum Gasteiger partial charge on any atom is 0.0431 e. The average Bonchev–Trinajstić information content (AvgIpc) is 2.03. The highest BCUT2D eigenvalue weighted by Crippen LogP contribution is 2.07. The van der Waals surface area contributed by atoms with Crippen LogP contribution in [0, 0.1) is 0 Å². The highest BCUT2D eigenvalue weighted by atomic mass is 24.3. The molecule has 0 saturated heterocycles. The second-order valence-electron chi connectivity index (χ2n) is 3.20. The fraction of sp³-hybridized carbons (Fsp3) is 1.00. The molecule has 1 N–H and O–H groups in total. The second kappa shape index (κ2) is 14.3. The fourth-order valence-corrected chi connectivity index (χ4v) is 1.25. The molecule has 0 unspecified atom stereocenters. The van der Waals surface area contributed by atoms with Gasteiger partial charge in [-0.1, -0.05) is 51.9 Å². The van der Waals surface area contributed by atoms with Gasteiger partial charge in [0.1, 0.15) is 0 Å². The third kappa shape index (κ3) is 13.3. The minimum absolute atomic E-state index is 0. The van der Waals surface area contributed by atoms with Crippen molar-refractivity contribution >= 4 is 23.1 Å². The molecule has 0 heterocycles. The maximum absolute atomic E-state index is 8.51. The van der Waals surface area contributed by atoms with Crippen LogP contribution < -0.4 is 0 Å². The van der Waals surface area contributed by atoms with Crippen molar-refractivity contribution in [3.8, 4) is 0 Å². The summed E-state index contributed by atoms with van der Waals surface area (Å²) < 4.78 is 0. The molecule has 0 fully saturated rings. The lowest BCUT2D eigenvalue weighted by atomic mass is 10.1. The van der Waals surface area contributed by atoms with Crippen LogP contribution in [-0.2, 0) is 0 Å². The van der Waals surface area contributed by atoms with Gasteiger partial charge in [0.2, 0.25) is 0 Å². The number of aliphatic hydroxyl groups excluding tert-OH is 1. The van der Waals surface area contributed by atoms with E-state index in [0.717, 1.165) is 6.42 Å². The molecule has 0 aliphatic carbocycles. The summed E-state index contributed by atoms with van der Waals surface area (Å²) in [5.74, 6) is 0. The molecular weight excluding hydrogens is 160 g/mol. The summed E-state index contributed by atoms with van der Waals surface area (Å²) in [5, 5.41) is 8.51. The first-order valence-corrected chi connectivity index (χ1v) is 5.02. The predicted octanol–water partition coefficient (Wildman–Crippen LogP) is 2.74.